The number of nitrogens with one attached hydrogen (secondary N) is 2. The van der Waals surface area contributed by atoms with E-state index in [1.54, 1.807) is 12.3 Å². The molecule has 4 rings (SSSR count). The Labute approximate surface area is 190 Å². The standard InChI is InChI=1S/C25H27F3N4O/c1-4-5-17-12-21(29-9-8-25(26,27)28)23-30-13-22(32(23)14-17)18-6-7-19(15(2)10-18)24(33)31-20-11-16(20)3/h4-7,10,12-14,16,20,29H,8-9,11H2,1-3H3,(H,31,33)/b5-4+/t16-,20?/m0/s1. The van der Waals surface area contributed by atoms with Gasteiger partial charge in [-0.15, -0.1) is 0 Å². The van der Waals surface area contributed by atoms with Crippen molar-refractivity contribution in [1.82, 2.24) is 14.7 Å². The topological polar surface area (TPSA) is 58.4 Å². The summed E-state index contributed by atoms with van der Waals surface area (Å²) in [6.45, 7) is 5.65. The summed E-state index contributed by atoms with van der Waals surface area (Å²) < 4.78 is 39.7. The number of carbonyl (C=O) groups is 1. The lowest BCUT2D eigenvalue weighted by atomic mass is 10.0. The fraction of sp³-hybridized carbons (Fsp3) is 0.360. The van der Waals surface area contributed by atoms with Crippen LogP contribution in [-0.2, 0) is 0 Å². The first-order chi connectivity index (χ1) is 15.7. The van der Waals surface area contributed by atoms with E-state index in [1.165, 1.54) is 0 Å². The Morgan fingerprint density at radius 1 is 1.30 bits per heavy atom. The maximum absolute atomic E-state index is 12.6. The van der Waals surface area contributed by atoms with Crippen molar-refractivity contribution in [1.29, 1.82) is 0 Å². The van der Waals surface area contributed by atoms with Gasteiger partial charge in [-0.1, -0.05) is 25.1 Å². The van der Waals surface area contributed by atoms with Crippen LogP contribution in [0.4, 0.5) is 18.9 Å². The Morgan fingerprint density at radius 2 is 2.06 bits per heavy atom. The van der Waals surface area contributed by atoms with Crippen LogP contribution in [-0.4, -0.2) is 34.1 Å². The number of imidazole rings is 1. The van der Waals surface area contributed by atoms with Crippen molar-refractivity contribution in [3.05, 3.63) is 59.4 Å². The molecule has 0 bridgehead atoms. The predicted molar refractivity (Wildman–Crippen MR) is 124 cm³/mol. The Morgan fingerprint density at radius 3 is 2.70 bits per heavy atom. The van der Waals surface area contributed by atoms with Gasteiger partial charge in [-0.05, 0) is 55.5 Å². The van der Waals surface area contributed by atoms with Crippen molar-refractivity contribution in [3.8, 4) is 11.3 Å². The van der Waals surface area contributed by atoms with Crippen LogP contribution in [0, 0.1) is 12.8 Å². The molecule has 1 unspecified atom stereocenters. The van der Waals surface area contributed by atoms with E-state index in [1.807, 2.05) is 54.8 Å². The van der Waals surface area contributed by atoms with Crippen LogP contribution >= 0.6 is 0 Å². The summed E-state index contributed by atoms with van der Waals surface area (Å²) in [5.74, 6) is 0.454. The predicted octanol–water partition coefficient (Wildman–Crippen LogP) is 5.85. The summed E-state index contributed by atoms with van der Waals surface area (Å²) in [5.41, 5.74) is 5.06. The van der Waals surface area contributed by atoms with Gasteiger partial charge >= 0.3 is 6.18 Å². The van der Waals surface area contributed by atoms with Crippen LogP contribution in [0.1, 0.15) is 48.2 Å². The molecule has 2 aromatic heterocycles. The summed E-state index contributed by atoms with van der Waals surface area (Å²) in [7, 11) is 0. The summed E-state index contributed by atoms with van der Waals surface area (Å²) in [6.07, 6.45) is 3.21. The average molecular weight is 457 g/mol. The minimum Gasteiger partial charge on any atom is -0.382 e. The second-order valence-electron chi connectivity index (χ2n) is 8.64. The molecule has 1 fully saturated rings. The normalized spacial score (nSPS) is 18.1. The number of pyridine rings is 1. The van der Waals surface area contributed by atoms with Crippen LogP contribution in [0.15, 0.2) is 42.7 Å². The quantitative estimate of drug-likeness (QED) is 0.469. The summed E-state index contributed by atoms with van der Waals surface area (Å²) in [5, 5.41) is 5.93. The number of amides is 1. The summed E-state index contributed by atoms with van der Waals surface area (Å²) >= 11 is 0. The number of benzene rings is 1. The summed E-state index contributed by atoms with van der Waals surface area (Å²) in [6, 6.07) is 7.67. The molecule has 0 aliphatic heterocycles. The van der Waals surface area contributed by atoms with E-state index in [-0.39, 0.29) is 18.5 Å². The second-order valence-corrected chi connectivity index (χ2v) is 8.64. The van der Waals surface area contributed by atoms with Gasteiger partial charge in [0.05, 0.1) is 24.0 Å². The number of fused-ring (bicyclic) bond motifs is 1. The molecule has 1 aliphatic rings. The maximum atomic E-state index is 12.6. The molecule has 1 saturated carbocycles. The van der Waals surface area contributed by atoms with Crippen molar-refractivity contribution >= 4 is 23.3 Å². The fourth-order valence-electron chi connectivity index (χ4n) is 3.92. The molecule has 33 heavy (non-hydrogen) atoms. The molecule has 174 valence electrons. The molecule has 5 nitrogen and oxygen atoms in total. The van der Waals surface area contributed by atoms with Crippen LogP contribution in [0.3, 0.4) is 0 Å². The third-order valence-electron chi connectivity index (χ3n) is 5.90. The Balaban J connectivity index is 1.66. The third kappa shape index (κ3) is 5.21. The molecule has 1 amide bonds. The van der Waals surface area contributed by atoms with Crippen molar-refractivity contribution in [2.24, 2.45) is 5.92 Å². The Bertz CT molecular complexity index is 1210. The lowest BCUT2D eigenvalue weighted by molar-refractivity contribution is -0.131. The number of halogens is 3. The van der Waals surface area contributed by atoms with E-state index in [2.05, 4.69) is 22.5 Å². The van der Waals surface area contributed by atoms with Gasteiger partial charge in [0.25, 0.3) is 5.91 Å². The average Bonchev–Trinajstić information content (AvgIpc) is 3.25. The van der Waals surface area contributed by atoms with E-state index in [0.29, 0.717) is 22.8 Å². The Hall–Kier alpha value is -3.29. The van der Waals surface area contributed by atoms with E-state index >= 15 is 0 Å². The summed E-state index contributed by atoms with van der Waals surface area (Å²) in [4.78, 5) is 17.0. The lowest BCUT2D eigenvalue weighted by Gasteiger charge is -2.13. The highest BCUT2D eigenvalue weighted by atomic mass is 19.4. The third-order valence-corrected chi connectivity index (χ3v) is 5.90. The van der Waals surface area contributed by atoms with E-state index in [4.69, 9.17) is 0 Å². The zero-order chi connectivity index (χ0) is 23.8. The highest BCUT2D eigenvalue weighted by Crippen LogP contribution is 2.31. The first-order valence-electron chi connectivity index (χ1n) is 11.0. The van der Waals surface area contributed by atoms with Gasteiger partial charge in [-0.3, -0.25) is 9.20 Å². The van der Waals surface area contributed by atoms with Gasteiger partial charge < -0.3 is 10.6 Å². The SMILES string of the molecule is C/C=C/c1cc(NCCC(F)(F)F)c2ncc(-c3ccc(C(=O)NC4C[C@@H]4C)c(C)c3)n2c1. The minimum atomic E-state index is -4.23. The van der Waals surface area contributed by atoms with Crippen LogP contribution in [0.25, 0.3) is 23.0 Å². The molecule has 3 aromatic rings. The molecular formula is C25H27F3N4O. The highest BCUT2D eigenvalue weighted by molar-refractivity contribution is 5.96. The number of hydrogen-bond donors (Lipinski definition) is 2. The van der Waals surface area contributed by atoms with Gasteiger partial charge in [0.15, 0.2) is 5.65 Å². The van der Waals surface area contributed by atoms with E-state index < -0.39 is 12.6 Å². The fourth-order valence-corrected chi connectivity index (χ4v) is 3.92. The number of nitrogens with zero attached hydrogens (tertiary/aromatic N) is 2. The Kier molecular flexibility index (Phi) is 6.19. The largest absolute Gasteiger partial charge is 0.390 e. The van der Waals surface area contributed by atoms with Gasteiger partial charge in [-0.25, -0.2) is 4.98 Å². The van der Waals surface area contributed by atoms with Gasteiger partial charge in [-0.2, -0.15) is 13.2 Å². The number of aromatic nitrogens is 2. The number of anilines is 1. The molecule has 1 aliphatic carbocycles. The van der Waals surface area contributed by atoms with Crippen molar-refractivity contribution in [2.45, 2.75) is 45.8 Å². The van der Waals surface area contributed by atoms with Crippen LogP contribution < -0.4 is 10.6 Å². The first-order valence-corrected chi connectivity index (χ1v) is 11.0. The van der Waals surface area contributed by atoms with Crippen molar-refractivity contribution < 1.29 is 18.0 Å². The zero-order valence-corrected chi connectivity index (χ0v) is 18.8. The smallest absolute Gasteiger partial charge is 0.382 e. The number of aryl methyl sites for hydroxylation is 1. The number of carbonyl (C=O) groups excluding carboxylic acids is 1. The molecule has 0 saturated heterocycles. The number of allylic oxidation sites excluding steroid dienone is 1. The maximum Gasteiger partial charge on any atom is 0.390 e. The second kappa shape index (κ2) is 8.92. The van der Waals surface area contributed by atoms with Gasteiger partial charge in [0.2, 0.25) is 0 Å². The van der Waals surface area contributed by atoms with Crippen molar-refractivity contribution in [3.63, 3.8) is 0 Å². The molecule has 1 aromatic carbocycles. The van der Waals surface area contributed by atoms with Crippen LogP contribution in [0.2, 0.25) is 0 Å². The molecule has 8 heteroatoms. The molecule has 0 spiro atoms. The number of hydrogen-bond acceptors (Lipinski definition) is 3. The van der Waals surface area contributed by atoms with Crippen molar-refractivity contribution in [2.75, 3.05) is 11.9 Å². The van der Waals surface area contributed by atoms with E-state index in [9.17, 15) is 18.0 Å². The molecule has 2 N–H and O–H groups in total. The number of rotatable bonds is 7. The van der Waals surface area contributed by atoms with Gasteiger partial charge in [0, 0.05) is 29.9 Å². The van der Waals surface area contributed by atoms with Crippen LogP contribution in [0.5, 0.6) is 0 Å². The highest BCUT2D eigenvalue weighted by Gasteiger charge is 2.34. The first kappa shape index (κ1) is 22.9. The minimum absolute atomic E-state index is 0.0712. The molecular weight excluding hydrogens is 429 g/mol. The van der Waals surface area contributed by atoms with E-state index in [0.717, 1.165) is 28.8 Å². The van der Waals surface area contributed by atoms with Gasteiger partial charge in [0.1, 0.15) is 0 Å². The molecule has 0 radical (unpaired) electrons. The lowest BCUT2D eigenvalue weighted by Crippen LogP contribution is -2.27. The molecule has 2 atom stereocenters. The monoisotopic (exact) mass is 456 g/mol. The molecule has 2 heterocycles. The zero-order valence-electron chi connectivity index (χ0n) is 18.8. The number of alkyl halides is 3.